The van der Waals surface area contributed by atoms with E-state index in [-0.39, 0.29) is 0 Å². The molecular formula is C43H25NO2. The highest BCUT2D eigenvalue weighted by Crippen LogP contribution is 2.45. The van der Waals surface area contributed by atoms with E-state index in [4.69, 9.17) is 13.8 Å². The summed E-state index contributed by atoms with van der Waals surface area (Å²) < 4.78 is 12.3. The smallest absolute Gasteiger partial charge is 0.227 e. The zero-order chi connectivity index (χ0) is 30.2. The predicted molar refractivity (Wildman–Crippen MR) is 190 cm³/mol. The van der Waals surface area contributed by atoms with Crippen molar-refractivity contribution >= 4 is 65.2 Å². The van der Waals surface area contributed by atoms with Crippen LogP contribution < -0.4 is 0 Å². The minimum atomic E-state index is 0.640. The third-order valence-corrected chi connectivity index (χ3v) is 9.34. The van der Waals surface area contributed by atoms with Gasteiger partial charge in [-0.3, -0.25) is 0 Å². The van der Waals surface area contributed by atoms with Crippen LogP contribution in [0.2, 0.25) is 0 Å². The van der Waals surface area contributed by atoms with Gasteiger partial charge in [-0.25, -0.2) is 4.98 Å². The molecule has 0 N–H and O–H groups in total. The van der Waals surface area contributed by atoms with Gasteiger partial charge in [-0.15, -0.1) is 0 Å². The maximum atomic E-state index is 6.46. The normalized spacial score (nSPS) is 11.9. The Hall–Kier alpha value is -6.19. The molecule has 10 rings (SSSR count). The van der Waals surface area contributed by atoms with Gasteiger partial charge in [0.2, 0.25) is 5.89 Å². The molecule has 0 saturated heterocycles. The Balaban J connectivity index is 1.23. The molecule has 0 unspecified atom stereocenters. The number of fused-ring (bicyclic) bond motifs is 8. The lowest BCUT2D eigenvalue weighted by Gasteiger charge is -2.18. The van der Waals surface area contributed by atoms with Gasteiger partial charge in [-0.05, 0) is 96.4 Å². The summed E-state index contributed by atoms with van der Waals surface area (Å²) in [6, 6.07) is 51.6. The molecule has 0 aliphatic carbocycles. The third kappa shape index (κ3) is 3.69. The van der Waals surface area contributed by atoms with E-state index in [1.807, 2.05) is 36.4 Å². The molecule has 2 heterocycles. The summed E-state index contributed by atoms with van der Waals surface area (Å²) in [5.74, 6) is 0.640. The maximum absolute atomic E-state index is 6.46. The summed E-state index contributed by atoms with van der Waals surface area (Å²) in [5.41, 5.74) is 8.35. The Labute approximate surface area is 264 Å². The van der Waals surface area contributed by atoms with E-state index in [1.165, 1.54) is 38.2 Å². The quantitative estimate of drug-likeness (QED) is 0.152. The molecule has 0 radical (unpaired) electrons. The summed E-state index contributed by atoms with van der Waals surface area (Å²) in [7, 11) is 0. The summed E-state index contributed by atoms with van der Waals surface area (Å²) in [6.07, 6.45) is 1.76. The summed E-state index contributed by atoms with van der Waals surface area (Å²) in [5, 5.41) is 10.5. The van der Waals surface area contributed by atoms with E-state index in [2.05, 4.69) is 109 Å². The summed E-state index contributed by atoms with van der Waals surface area (Å²) in [6.45, 7) is 0. The topological polar surface area (TPSA) is 39.2 Å². The first-order chi connectivity index (χ1) is 22.8. The molecule has 46 heavy (non-hydrogen) atoms. The van der Waals surface area contributed by atoms with Crippen molar-refractivity contribution < 1.29 is 8.83 Å². The summed E-state index contributed by atoms with van der Waals surface area (Å²) >= 11 is 0. The van der Waals surface area contributed by atoms with Crippen LogP contribution in [-0.4, -0.2) is 4.98 Å². The highest BCUT2D eigenvalue weighted by atomic mass is 16.3. The lowest BCUT2D eigenvalue weighted by atomic mass is 9.85. The Morgan fingerprint density at radius 3 is 1.78 bits per heavy atom. The summed E-state index contributed by atoms with van der Waals surface area (Å²) in [4.78, 5) is 4.85. The van der Waals surface area contributed by atoms with Gasteiger partial charge >= 0.3 is 0 Å². The second-order valence-corrected chi connectivity index (χ2v) is 11.9. The highest BCUT2D eigenvalue weighted by Gasteiger charge is 2.18. The first-order valence-corrected chi connectivity index (χ1v) is 15.5. The molecule has 0 bridgehead atoms. The van der Waals surface area contributed by atoms with Crippen molar-refractivity contribution in [2.24, 2.45) is 0 Å². The van der Waals surface area contributed by atoms with Gasteiger partial charge in [0, 0.05) is 16.3 Å². The predicted octanol–water partition coefficient (Wildman–Crippen LogP) is 12.2. The molecule has 3 nitrogen and oxygen atoms in total. The van der Waals surface area contributed by atoms with E-state index in [0.717, 1.165) is 54.7 Å². The van der Waals surface area contributed by atoms with Crippen molar-refractivity contribution in [3.8, 4) is 33.7 Å². The number of hydrogen-bond acceptors (Lipinski definition) is 3. The fourth-order valence-electron chi connectivity index (χ4n) is 7.25. The SMILES string of the molecule is c1ccc(-c2nc3ccc4ccc5cc(-c6c7ccccc7c(-c7ccc8ccoc8c7)c7ccccc67)ccc5c4c3o2)cc1. The molecular weight excluding hydrogens is 562 g/mol. The highest BCUT2D eigenvalue weighted by molar-refractivity contribution is 6.23. The van der Waals surface area contributed by atoms with Gasteiger partial charge in [-0.1, -0.05) is 109 Å². The number of oxazole rings is 1. The molecule has 214 valence electrons. The van der Waals surface area contributed by atoms with Crippen molar-refractivity contribution in [2.45, 2.75) is 0 Å². The van der Waals surface area contributed by atoms with Crippen LogP contribution >= 0.6 is 0 Å². The lowest BCUT2D eigenvalue weighted by molar-refractivity contribution is 0.616. The number of furan rings is 1. The minimum absolute atomic E-state index is 0.640. The zero-order valence-electron chi connectivity index (χ0n) is 24.7. The average molecular weight is 588 g/mol. The molecule has 0 aliphatic heterocycles. The minimum Gasteiger partial charge on any atom is -0.464 e. The fraction of sp³-hybridized carbons (Fsp3) is 0. The van der Waals surface area contributed by atoms with Gasteiger partial charge in [0.15, 0.2) is 5.58 Å². The van der Waals surface area contributed by atoms with Gasteiger partial charge < -0.3 is 8.83 Å². The Bertz CT molecular complexity index is 2750. The van der Waals surface area contributed by atoms with Gasteiger partial charge in [0.25, 0.3) is 0 Å². The lowest BCUT2D eigenvalue weighted by Crippen LogP contribution is -1.91. The van der Waals surface area contributed by atoms with E-state index in [1.54, 1.807) is 6.26 Å². The van der Waals surface area contributed by atoms with Crippen molar-refractivity contribution in [1.29, 1.82) is 0 Å². The Morgan fingerprint density at radius 1 is 0.435 bits per heavy atom. The number of hydrogen-bond donors (Lipinski definition) is 0. The Morgan fingerprint density at radius 2 is 1.04 bits per heavy atom. The van der Waals surface area contributed by atoms with Crippen molar-refractivity contribution in [2.75, 3.05) is 0 Å². The van der Waals surface area contributed by atoms with Crippen molar-refractivity contribution in [1.82, 2.24) is 4.98 Å². The van der Waals surface area contributed by atoms with Crippen LogP contribution in [0.25, 0.3) is 98.9 Å². The van der Waals surface area contributed by atoms with Crippen molar-refractivity contribution in [3.05, 3.63) is 152 Å². The van der Waals surface area contributed by atoms with E-state index in [9.17, 15) is 0 Å². The second kappa shape index (κ2) is 9.65. The first-order valence-electron chi connectivity index (χ1n) is 15.5. The Kier molecular flexibility index (Phi) is 5.28. The van der Waals surface area contributed by atoms with Crippen LogP contribution in [0, 0.1) is 0 Å². The standard InChI is InChI=1S/C43H25NO2/c1-2-8-28(9-3-1)43-44-37-21-19-27-15-16-29-24-30(18-20-32(29)41(27)42(37)46-43)39-33-10-4-6-12-35(33)40(36-13-7-5-11-34(36)39)31-17-14-26-22-23-45-38(26)25-31/h1-25H. The number of benzene rings is 8. The molecule has 0 saturated carbocycles. The molecule has 0 atom stereocenters. The number of aromatic nitrogens is 1. The molecule has 0 aliphatic rings. The second-order valence-electron chi connectivity index (χ2n) is 11.9. The van der Waals surface area contributed by atoms with Crippen LogP contribution in [0.15, 0.2) is 161 Å². The number of rotatable bonds is 3. The van der Waals surface area contributed by atoms with Crippen LogP contribution in [0.4, 0.5) is 0 Å². The maximum Gasteiger partial charge on any atom is 0.227 e. The van der Waals surface area contributed by atoms with Crippen LogP contribution in [-0.2, 0) is 0 Å². The molecule has 10 aromatic rings. The van der Waals surface area contributed by atoms with Gasteiger partial charge in [0.1, 0.15) is 11.1 Å². The van der Waals surface area contributed by atoms with E-state index < -0.39 is 0 Å². The van der Waals surface area contributed by atoms with E-state index >= 15 is 0 Å². The molecule has 0 amide bonds. The zero-order valence-corrected chi connectivity index (χ0v) is 24.7. The van der Waals surface area contributed by atoms with Gasteiger partial charge in [0.05, 0.1) is 6.26 Å². The molecule has 2 aromatic heterocycles. The average Bonchev–Trinajstić information content (AvgIpc) is 3.78. The third-order valence-electron chi connectivity index (χ3n) is 9.34. The van der Waals surface area contributed by atoms with Crippen LogP contribution in [0.3, 0.4) is 0 Å². The van der Waals surface area contributed by atoms with Crippen LogP contribution in [0.5, 0.6) is 0 Å². The first kappa shape index (κ1) is 25.2. The molecule has 0 fully saturated rings. The molecule has 0 spiro atoms. The van der Waals surface area contributed by atoms with Gasteiger partial charge in [-0.2, -0.15) is 0 Å². The van der Waals surface area contributed by atoms with Crippen molar-refractivity contribution in [3.63, 3.8) is 0 Å². The molecule has 8 aromatic carbocycles. The fourth-order valence-corrected chi connectivity index (χ4v) is 7.25. The molecule has 3 heteroatoms. The number of nitrogens with zero attached hydrogens (tertiary/aromatic N) is 1. The monoisotopic (exact) mass is 587 g/mol. The largest absolute Gasteiger partial charge is 0.464 e. The van der Waals surface area contributed by atoms with E-state index in [0.29, 0.717) is 5.89 Å². The van der Waals surface area contributed by atoms with Crippen LogP contribution in [0.1, 0.15) is 0 Å².